The van der Waals surface area contributed by atoms with Crippen molar-refractivity contribution in [2.45, 2.75) is 78.1 Å². The fourth-order valence-corrected chi connectivity index (χ4v) is 4.06. The van der Waals surface area contributed by atoms with Crippen molar-refractivity contribution >= 4 is 34.5 Å². The number of aliphatic hydroxyl groups is 1. The number of nitrogens with one attached hydrogen (secondary N) is 2. The average Bonchev–Trinajstić information content (AvgIpc) is 3.16. The van der Waals surface area contributed by atoms with Crippen LogP contribution in [0.2, 0.25) is 5.02 Å². The number of fused-ring (bicyclic) bond motifs is 1. The highest BCUT2D eigenvalue weighted by Crippen LogP contribution is 2.29. The number of hydrogen-bond donors (Lipinski definition) is 4. The van der Waals surface area contributed by atoms with Gasteiger partial charge in [0, 0.05) is 23.2 Å². The van der Waals surface area contributed by atoms with Gasteiger partial charge in [-0.15, -0.1) is 0 Å². The van der Waals surface area contributed by atoms with E-state index >= 15 is 0 Å². The Labute approximate surface area is 194 Å². The third-order valence-corrected chi connectivity index (χ3v) is 6.04. The van der Waals surface area contributed by atoms with Gasteiger partial charge in [0.15, 0.2) is 17.0 Å². The summed E-state index contributed by atoms with van der Waals surface area (Å²) >= 11 is 6.09. The summed E-state index contributed by atoms with van der Waals surface area (Å²) in [5, 5.41) is 27.8. The molecule has 2 aromatic heterocycles. The highest BCUT2D eigenvalue weighted by atomic mass is 35.5. The van der Waals surface area contributed by atoms with Crippen LogP contribution in [0.5, 0.6) is 5.75 Å². The van der Waals surface area contributed by atoms with E-state index in [1.165, 1.54) is 0 Å². The Hall–Kier alpha value is -2.58. The molecular formula is C23H33ClN6O2. The molecule has 0 saturated carbocycles. The fraction of sp³-hybridized carbons (Fsp3) is 0.522. The summed E-state index contributed by atoms with van der Waals surface area (Å²) in [6, 6.07) is 4.97. The number of imidazole rings is 1. The maximum absolute atomic E-state index is 10.5. The van der Waals surface area contributed by atoms with Crippen molar-refractivity contribution in [1.82, 2.24) is 19.5 Å². The number of hydrogen-bond acceptors (Lipinski definition) is 7. The normalized spacial score (nSPS) is 13.0. The molecule has 3 aromatic rings. The Kier molecular flexibility index (Phi) is 7.46. The molecule has 1 aromatic carbocycles. The van der Waals surface area contributed by atoms with E-state index in [1.54, 1.807) is 38.4 Å². The fourth-order valence-electron chi connectivity index (χ4n) is 3.86. The summed E-state index contributed by atoms with van der Waals surface area (Å²) in [7, 11) is 0. The highest BCUT2D eigenvalue weighted by Gasteiger charge is 2.27. The zero-order valence-corrected chi connectivity index (χ0v) is 20.1. The number of phenolic OH excluding ortho intramolecular Hbond substituents is 1. The quantitative estimate of drug-likeness (QED) is 0.332. The molecular weight excluding hydrogens is 428 g/mol. The molecule has 4 N–H and O–H groups in total. The Morgan fingerprint density at radius 2 is 1.84 bits per heavy atom. The molecule has 0 amide bonds. The van der Waals surface area contributed by atoms with E-state index in [9.17, 15) is 10.2 Å². The van der Waals surface area contributed by atoms with Gasteiger partial charge in [0.1, 0.15) is 5.75 Å². The van der Waals surface area contributed by atoms with Gasteiger partial charge in [-0.2, -0.15) is 9.97 Å². The smallest absolute Gasteiger partial charge is 0.227 e. The van der Waals surface area contributed by atoms with Crippen LogP contribution >= 0.6 is 11.6 Å². The minimum atomic E-state index is -0.942. The molecule has 9 heteroatoms. The Bertz CT molecular complexity index is 1060. The number of rotatable bonds is 10. The van der Waals surface area contributed by atoms with Crippen LogP contribution in [0.4, 0.5) is 11.8 Å². The standard InChI is InChI=1S/C23H33ClN6O2/c1-6-16(7-2)30-13-26-19-20(25-12-14-11-15(24)9-10-17(14)31)28-22(29-21(19)30)27-18(8-3)23(4,5)32/h9-11,13,16,18,31-32H,6-8,12H2,1-5H3,(H2,25,27,28,29). The molecule has 1 atom stereocenters. The van der Waals surface area contributed by atoms with E-state index < -0.39 is 5.60 Å². The summed E-state index contributed by atoms with van der Waals surface area (Å²) < 4.78 is 2.08. The molecule has 0 radical (unpaired) electrons. The summed E-state index contributed by atoms with van der Waals surface area (Å²) in [5.74, 6) is 1.12. The summed E-state index contributed by atoms with van der Waals surface area (Å²) in [4.78, 5) is 14.0. The SMILES string of the molecule is CCC(CC)n1cnc2c(NCc3cc(Cl)ccc3O)nc(NC(CC)C(C)(C)O)nc21. The van der Waals surface area contributed by atoms with Crippen molar-refractivity contribution in [3.05, 3.63) is 35.1 Å². The molecule has 0 bridgehead atoms. The van der Waals surface area contributed by atoms with Crippen molar-refractivity contribution in [2.75, 3.05) is 10.6 Å². The summed E-state index contributed by atoms with van der Waals surface area (Å²) in [5.41, 5.74) is 1.09. The molecule has 8 nitrogen and oxygen atoms in total. The number of benzene rings is 1. The first-order valence-electron chi connectivity index (χ1n) is 11.1. The molecule has 0 fully saturated rings. The number of halogens is 1. The maximum atomic E-state index is 10.5. The number of aromatic hydroxyl groups is 1. The second-order valence-electron chi connectivity index (χ2n) is 8.58. The van der Waals surface area contributed by atoms with Gasteiger partial charge in [-0.3, -0.25) is 0 Å². The van der Waals surface area contributed by atoms with E-state index in [1.807, 2.05) is 6.92 Å². The van der Waals surface area contributed by atoms with Crippen molar-refractivity contribution in [3.8, 4) is 5.75 Å². The van der Waals surface area contributed by atoms with Gasteiger partial charge in [-0.1, -0.05) is 32.4 Å². The topological polar surface area (TPSA) is 108 Å². The Balaban J connectivity index is 2.03. The Morgan fingerprint density at radius 3 is 2.47 bits per heavy atom. The maximum Gasteiger partial charge on any atom is 0.227 e. The van der Waals surface area contributed by atoms with Gasteiger partial charge in [-0.05, 0) is 51.3 Å². The minimum absolute atomic E-state index is 0.154. The van der Waals surface area contributed by atoms with Crippen LogP contribution in [0.15, 0.2) is 24.5 Å². The van der Waals surface area contributed by atoms with E-state index in [0.717, 1.165) is 18.5 Å². The number of aromatic nitrogens is 4. The Morgan fingerprint density at radius 1 is 1.12 bits per heavy atom. The van der Waals surface area contributed by atoms with Crippen LogP contribution in [0.3, 0.4) is 0 Å². The lowest BCUT2D eigenvalue weighted by Gasteiger charge is -2.29. The van der Waals surface area contributed by atoms with Crippen LogP contribution in [-0.4, -0.2) is 41.4 Å². The first kappa shape index (κ1) is 24.1. The molecule has 0 saturated heterocycles. The van der Waals surface area contributed by atoms with Gasteiger partial charge in [-0.25, -0.2) is 4.98 Å². The number of phenols is 1. The third-order valence-electron chi connectivity index (χ3n) is 5.81. The first-order valence-corrected chi connectivity index (χ1v) is 11.5. The van der Waals surface area contributed by atoms with E-state index in [4.69, 9.17) is 16.6 Å². The molecule has 0 spiro atoms. The minimum Gasteiger partial charge on any atom is -0.508 e. The largest absolute Gasteiger partial charge is 0.508 e. The van der Waals surface area contributed by atoms with E-state index in [2.05, 4.69) is 39.0 Å². The lowest BCUT2D eigenvalue weighted by atomic mass is 9.97. The lowest BCUT2D eigenvalue weighted by molar-refractivity contribution is 0.0577. The molecule has 1 unspecified atom stereocenters. The molecule has 174 valence electrons. The van der Waals surface area contributed by atoms with Crippen LogP contribution in [0.25, 0.3) is 11.2 Å². The zero-order chi connectivity index (χ0) is 23.5. The zero-order valence-electron chi connectivity index (χ0n) is 19.4. The van der Waals surface area contributed by atoms with Gasteiger partial charge in [0.05, 0.1) is 18.0 Å². The van der Waals surface area contributed by atoms with Crippen molar-refractivity contribution < 1.29 is 10.2 Å². The van der Waals surface area contributed by atoms with Crippen molar-refractivity contribution in [2.24, 2.45) is 0 Å². The molecule has 2 heterocycles. The van der Waals surface area contributed by atoms with Gasteiger partial charge < -0.3 is 25.4 Å². The van der Waals surface area contributed by atoms with Gasteiger partial charge in [0.2, 0.25) is 5.95 Å². The van der Waals surface area contributed by atoms with Crippen LogP contribution < -0.4 is 10.6 Å². The molecule has 32 heavy (non-hydrogen) atoms. The van der Waals surface area contributed by atoms with Gasteiger partial charge >= 0.3 is 0 Å². The second-order valence-corrected chi connectivity index (χ2v) is 9.01. The molecule has 3 rings (SSSR count). The van der Waals surface area contributed by atoms with E-state index in [0.29, 0.717) is 40.8 Å². The predicted molar refractivity (Wildman–Crippen MR) is 129 cm³/mol. The van der Waals surface area contributed by atoms with Crippen LogP contribution in [0.1, 0.15) is 65.5 Å². The van der Waals surface area contributed by atoms with Crippen LogP contribution in [0, 0.1) is 0 Å². The number of anilines is 2. The highest BCUT2D eigenvalue weighted by molar-refractivity contribution is 6.30. The third kappa shape index (κ3) is 5.24. The summed E-state index contributed by atoms with van der Waals surface area (Å²) in [6.07, 6.45) is 4.41. The number of nitrogens with zero attached hydrogens (tertiary/aromatic N) is 4. The molecule has 0 aliphatic heterocycles. The lowest BCUT2D eigenvalue weighted by Crippen LogP contribution is -2.41. The average molecular weight is 461 g/mol. The summed E-state index contributed by atoms with van der Waals surface area (Å²) in [6.45, 7) is 10.1. The van der Waals surface area contributed by atoms with Crippen LogP contribution in [-0.2, 0) is 6.54 Å². The molecule has 0 aliphatic rings. The first-order chi connectivity index (χ1) is 15.2. The van der Waals surface area contributed by atoms with E-state index in [-0.39, 0.29) is 17.8 Å². The van der Waals surface area contributed by atoms with Crippen molar-refractivity contribution in [1.29, 1.82) is 0 Å². The second kappa shape index (κ2) is 9.92. The predicted octanol–water partition coefficient (Wildman–Crippen LogP) is 5.12. The van der Waals surface area contributed by atoms with Gasteiger partial charge in [0.25, 0.3) is 0 Å². The molecule has 0 aliphatic carbocycles. The monoisotopic (exact) mass is 460 g/mol. The van der Waals surface area contributed by atoms with Crippen molar-refractivity contribution in [3.63, 3.8) is 0 Å².